The molecule has 2 aliphatic carbocycles. The molecule has 380 valence electrons. The number of hydrogen-bond acceptors (Lipinski definition) is 16. The number of oxime groups is 1. The van der Waals surface area contributed by atoms with Crippen molar-refractivity contribution in [2.24, 2.45) is 22.9 Å². The zero-order valence-electron chi connectivity index (χ0n) is 39.9. The number of fused-ring (bicyclic) bond motifs is 3. The summed E-state index contributed by atoms with van der Waals surface area (Å²) >= 11 is 0. The van der Waals surface area contributed by atoms with Crippen LogP contribution in [-0.4, -0.2) is 106 Å². The molecule has 2 N–H and O–H groups in total. The Hall–Kier alpha value is -7.06. The molecule has 0 bridgehead atoms. The zero-order valence-corrected chi connectivity index (χ0v) is 39.9. The van der Waals surface area contributed by atoms with Gasteiger partial charge in [-0.1, -0.05) is 36.2 Å². The summed E-state index contributed by atoms with van der Waals surface area (Å²) in [5.74, 6) is -0.495. The van der Waals surface area contributed by atoms with E-state index in [9.17, 15) is 30.4 Å². The van der Waals surface area contributed by atoms with Crippen molar-refractivity contribution in [2.75, 3.05) is 52.9 Å². The van der Waals surface area contributed by atoms with Gasteiger partial charge in [0.15, 0.2) is 11.5 Å². The van der Waals surface area contributed by atoms with Crippen LogP contribution in [0.1, 0.15) is 67.6 Å². The van der Waals surface area contributed by atoms with Crippen molar-refractivity contribution in [2.45, 2.75) is 75.8 Å². The van der Waals surface area contributed by atoms with Gasteiger partial charge in [0.25, 0.3) is 11.4 Å². The van der Waals surface area contributed by atoms with E-state index < -0.39 is 33.7 Å². The first-order chi connectivity index (χ1) is 35.1. The highest BCUT2D eigenvalue weighted by atomic mass is 16.7. The van der Waals surface area contributed by atoms with Crippen LogP contribution in [0.2, 0.25) is 0 Å². The van der Waals surface area contributed by atoms with Gasteiger partial charge in [-0.05, 0) is 109 Å². The zero-order chi connectivity index (χ0) is 50.2. The molecule has 2 fully saturated rings. The van der Waals surface area contributed by atoms with Gasteiger partial charge in [-0.2, -0.15) is 0 Å². The molecule has 1 saturated carbocycles. The van der Waals surface area contributed by atoms with Crippen LogP contribution < -0.4 is 23.7 Å². The van der Waals surface area contributed by atoms with Crippen molar-refractivity contribution >= 4 is 23.2 Å². The van der Waals surface area contributed by atoms with E-state index in [0.29, 0.717) is 72.1 Å². The predicted octanol–water partition coefficient (Wildman–Crippen LogP) is 8.46. The molecule has 4 aromatic carbocycles. The first-order valence-electron chi connectivity index (χ1n) is 24.5. The molecule has 0 aromatic heterocycles. The normalized spacial score (nSPS) is 22.9. The van der Waals surface area contributed by atoms with Crippen LogP contribution in [0.5, 0.6) is 28.7 Å². The van der Waals surface area contributed by atoms with Crippen LogP contribution in [-0.2, 0) is 22.7 Å². The molecule has 72 heavy (non-hydrogen) atoms. The third kappa shape index (κ3) is 11.0. The van der Waals surface area contributed by atoms with E-state index in [4.69, 9.17) is 38.4 Å². The molecule has 0 radical (unpaired) electrons. The number of unbranched alkanes of at least 4 members (excludes halogenated alkanes) is 2. The van der Waals surface area contributed by atoms with Crippen LogP contribution >= 0.6 is 0 Å². The maximum atomic E-state index is 15.3. The van der Waals surface area contributed by atoms with Crippen molar-refractivity contribution < 1.29 is 58.1 Å². The molecule has 0 spiro atoms. The van der Waals surface area contributed by atoms with Gasteiger partial charge in [-0.25, -0.2) is 4.79 Å². The smallest absolute Gasteiger partial charge is 0.416 e. The number of carbonyl (C=O) groups is 1. The minimum absolute atomic E-state index is 0.00746. The van der Waals surface area contributed by atoms with E-state index in [2.05, 4.69) is 17.6 Å². The SMILES string of the molecule is C=CCO[C@@]12Oc3ccc(OCCN4CC4)cc3[C@H]3[C@H](CCCCO)[C@@H](CCCCO)C=C(C(=NOCc4ccc([N+](=O)[O-])cc4)C[C@@H]1N(Cc1ccc4c(c1)OCO4)C(=O)Oc1ccc([N+](=O)[O-])cc1)[C@H]32. The Morgan fingerprint density at radius 2 is 1.54 bits per heavy atom. The summed E-state index contributed by atoms with van der Waals surface area (Å²) < 4.78 is 38.5. The van der Waals surface area contributed by atoms with Gasteiger partial charge in [-0.3, -0.25) is 30.0 Å². The Morgan fingerprint density at radius 3 is 2.25 bits per heavy atom. The van der Waals surface area contributed by atoms with E-state index in [1.165, 1.54) is 41.3 Å². The number of non-ortho nitro benzene ring substituents is 2. The third-order valence-electron chi connectivity index (χ3n) is 14.1. The molecule has 4 aromatic rings. The lowest BCUT2D eigenvalue weighted by molar-refractivity contribution is -0.385. The number of amides is 1. The summed E-state index contributed by atoms with van der Waals surface area (Å²) in [6.07, 6.45) is 7.14. The fourth-order valence-electron chi connectivity index (χ4n) is 10.6. The van der Waals surface area contributed by atoms with Gasteiger partial charge >= 0.3 is 6.09 Å². The highest BCUT2D eigenvalue weighted by Gasteiger charge is 2.66. The molecule has 5 aliphatic rings. The monoisotopic (exact) mass is 989 g/mol. The summed E-state index contributed by atoms with van der Waals surface area (Å²) in [5.41, 5.74) is 3.23. The minimum atomic E-state index is -1.66. The number of aliphatic hydroxyl groups is 2. The summed E-state index contributed by atoms with van der Waals surface area (Å²) in [6, 6.07) is 21.4. The fourth-order valence-corrected chi connectivity index (χ4v) is 10.6. The van der Waals surface area contributed by atoms with Gasteiger partial charge in [-0.15, -0.1) is 6.58 Å². The van der Waals surface area contributed by atoms with Gasteiger partial charge in [0, 0.05) is 81.6 Å². The minimum Gasteiger partial charge on any atom is -0.492 e. The van der Waals surface area contributed by atoms with Crippen molar-refractivity contribution in [3.05, 3.63) is 146 Å². The number of nitro groups is 2. The molecule has 3 heterocycles. The molecular formula is C53H59N5O14. The Balaban J connectivity index is 1.22. The maximum Gasteiger partial charge on any atom is 0.416 e. The molecule has 0 unspecified atom stereocenters. The van der Waals surface area contributed by atoms with Crippen LogP contribution in [0.15, 0.2) is 114 Å². The number of nitrogens with zero attached hydrogens (tertiary/aromatic N) is 5. The lowest BCUT2D eigenvalue weighted by Crippen LogP contribution is -2.70. The number of allylic oxidation sites excluding steroid dienone is 1. The van der Waals surface area contributed by atoms with Gasteiger partial charge < -0.3 is 43.5 Å². The van der Waals surface area contributed by atoms with Crippen LogP contribution in [0.3, 0.4) is 0 Å². The van der Waals surface area contributed by atoms with E-state index in [1.54, 1.807) is 30.3 Å². The molecule has 1 amide bonds. The molecule has 6 atom stereocenters. The van der Waals surface area contributed by atoms with Crippen LogP contribution in [0.25, 0.3) is 0 Å². The predicted molar refractivity (Wildman–Crippen MR) is 262 cm³/mol. The van der Waals surface area contributed by atoms with Crippen molar-refractivity contribution in [3.8, 4) is 28.7 Å². The van der Waals surface area contributed by atoms with Crippen LogP contribution in [0.4, 0.5) is 16.2 Å². The molecule has 3 aliphatic heterocycles. The number of aliphatic hydroxyl groups excluding tert-OH is 2. The number of hydrogen-bond donors (Lipinski definition) is 2. The molecule has 9 rings (SSSR count). The largest absolute Gasteiger partial charge is 0.492 e. The molecule has 19 heteroatoms. The number of carbonyl (C=O) groups excluding carboxylic acids is 1. The Morgan fingerprint density at radius 1 is 0.861 bits per heavy atom. The van der Waals surface area contributed by atoms with E-state index in [0.717, 1.165) is 43.6 Å². The lowest BCUT2D eigenvalue weighted by Gasteiger charge is -2.59. The van der Waals surface area contributed by atoms with E-state index in [1.807, 2.05) is 24.3 Å². The first-order valence-corrected chi connectivity index (χ1v) is 24.5. The Bertz CT molecular complexity index is 2660. The Kier molecular flexibility index (Phi) is 15.6. The Labute approximate surface area is 416 Å². The number of benzene rings is 4. The summed E-state index contributed by atoms with van der Waals surface area (Å²) in [5, 5.41) is 48.0. The molecule has 19 nitrogen and oxygen atoms in total. The number of nitro benzene ring substituents is 2. The van der Waals surface area contributed by atoms with E-state index in [-0.39, 0.29) is 81.1 Å². The van der Waals surface area contributed by atoms with Crippen molar-refractivity contribution in [3.63, 3.8) is 0 Å². The highest BCUT2D eigenvalue weighted by molar-refractivity contribution is 6.03. The average Bonchev–Trinajstić information content (AvgIpc) is 4.09. The quantitative estimate of drug-likeness (QED) is 0.0221. The topological polar surface area (TPSA) is 227 Å². The number of ether oxygens (including phenoxy) is 6. The second-order valence-corrected chi connectivity index (χ2v) is 18.6. The van der Waals surface area contributed by atoms with E-state index >= 15 is 4.79 Å². The van der Waals surface area contributed by atoms with Gasteiger partial charge in [0.1, 0.15) is 36.5 Å². The maximum absolute atomic E-state index is 15.3. The lowest BCUT2D eigenvalue weighted by atomic mass is 9.55. The molecular weight excluding hydrogens is 931 g/mol. The van der Waals surface area contributed by atoms with Gasteiger partial charge in [0.05, 0.1) is 28.1 Å². The van der Waals surface area contributed by atoms with Crippen molar-refractivity contribution in [1.82, 2.24) is 9.80 Å². The third-order valence-corrected chi connectivity index (χ3v) is 14.1. The second-order valence-electron chi connectivity index (χ2n) is 18.6. The van der Waals surface area contributed by atoms with Gasteiger partial charge in [0.2, 0.25) is 12.6 Å². The first kappa shape index (κ1) is 49.9. The average molecular weight is 990 g/mol. The molecule has 1 saturated heterocycles. The fraction of sp³-hybridized carbons (Fsp3) is 0.434. The van der Waals surface area contributed by atoms with Crippen molar-refractivity contribution in [1.29, 1.82) is 0 Å². The standard InChI is InChI=1S/C53H59N5O14/c1-2-26-69-53-49(56(32-36-11-19-47-48(28-36)68-34-67-47)52(61)71-40-16-14-39(15-17-40)58(64)65)31-45(54-70-33-35-9-12-38(13-10-35)57(62)63)43-29-37(7-3-5-24-59)42(8-4-6-25-60)50(51(43)53)44-30-41(18-20-46(44)72-53)66-27-23-55-21-22-55/h2,9-20,28-30,37,42,49-51,59-60H,1,3-8,21-27,31-34H2/t37-,42+,49-,50+,51+,53+/m0/s1. The number of rotatable bonds is 24. The van der Waals surface area contributed by atoms with Crippen LogP contribution in [0, 0.1) is 38.0 Å². The summed E-state index contributed by atoms with van der Waals surface area (Å²) in [4.78, 5) is 47.3. The summed E-state index contributed by atoms with van der Waals surface area (Å²) in [6.45, 7) is 7.39. The second kappa shape index (κ2) is 22.6. The highest BCUT2D eigenvalue weighted by Crippen LogP contribution is 2.62. The summed E-state index contributed by atoms with van der Waals surface area (Å²) in [7, 11) is 0.